The van der Waals surface area contributed by atoms with Gasteiger partial charge in [0.2, 0.25) is 0 Å². The van der Waals surface area contributed by atoms with E-state index in [9.17, 15) is 4.39 Å². The van der Waals surface area contributed by atoms with Crippen LogP contribution in [-0.2, 0) is 0 Å². The maximum Gasteiger partial charge on any atom is 0.128 e. The van der Waals surface area contributed by atoms with Crippen molar-refractivity contribution in [3.05, 3.63) is 33.0 Å². The molecule has 2 aliphatic carbocycles. The predicted molar refractivity (Wildman–Crippen MR) is 79.7 cm³/mol. The molecule has 2 saturated carbocycles. The van der Waals surface area contributed by atoms with Crippen LogP contribution >= 0.6 is 43.5 Å². The Balaban J connectivity index is 1.88. The molecule has 0 amide bonds. The molecule has 0 heterocycles. The van der Waals surface area contributed by atoms with Gasteiger partial charge in [0.1, 0.15) is 5.82 Å². The molecule has 0 aromatic heterocycles. The van der Waals surface area contributed by atoms with Gasteiger partial charge in [-0.2, -0.15) is 0 Å². The maximum absolute atomic E-state index is 14.1. The molecule has 0 aliphatic heterocycles. The van der Waals surface area contributed by atoms with E-state index in [1.54, 1.807) is 6.07 Å². The van der Waals surface area contributed by atoms with E-state index in [2.05, 4.69) is 31.9 Å². The zero-order chi connectivity index (χ0) is 12.9. The van der Waals surface area contributed by atoms with Gasteiger partial charge in [0, 0.05) is 14.9 Å². The molecule has 0 radical (unpaired) electrons. The lowest BCUT2D eigenvalue weighted by Crippen LogP contribution is -2.16. The van der Waals surface area contributed by atoms with Gasteiger partial charge in [-0.25, -0.2) is 4.39 Å². The molecular formula is C14H14Br2ClF. The number of alkyl halides is 1. The topological polar surface area (TPSA) is 0 Å². The van der Waals surface area contributed by atoms with Gasteiger partial charge < -0.3 is 0 Å². The summed E-state index contributed by atoms with van der Waals surface area (Å²) in [5, 5.41) is 0.582. The summed E-state index contributed by atoms with van der Waals surface area (Å²) in [4.78, 5) is 0.0957. The predicted octanol–water partition coefficient (Wildman–Crippen LogP) is 6.11. The van der Waals surface area contributed by atoms with Gasteiger partial charge in [-0.05, 0) is 65.1 Å². The highest BCUT2D eigenvalue weighted by Gasteiger charge is 2.43. The van der Waals surface area contributed by atoms with Crippen molar-refractivity contribution < 1.29 is 4.39 Å². The first-order valence-corrected chi connectivity index (χ1v) is 8.43. The van der Waals surface area contributed by atoms with Crippen molar-refractivity contribution in [2.24, 2.45) is 17.8 Å². The lowest BCUT2D eigenvalue weighted by molar-refractivity contribution is 0.326. The summed E-state index contributed by atoms with van der Waals surface area (Å²) in [5.41, 5.74) is 0.709. The van der Waals surface area contributed by atoms with Crippen LogP contribution in [0.3, 0.4) is 0 Å². The van der Waals surface area contributed by atoms with Crippen LogP contribution in [-0.4, -0.2) is 0 Å². The third-order valence-corrected chi connectivity index (χ3v) is 6.87. The van der Waals surface area contributed by atoms with Gasteiger partial charge in [0.05, 0.1) is 5.02 Å². The number of fused-ring (bicyclic) bond motifs is 2. The molecule has 98 valence electrons. The van der Waals surface area contributed by atoms with Gasteiger partial charge in [0.25, 0.3) is 0 Å². The van der Waals surface area contributed by atoms with E-state index in [0.29, 0.717) is 21.0 Å². The monoisotopic (exact) mass is 394 g/mol. The van der Waals surface area contributed by atoms with Crippen LogP contribution in [0.5, 0.6) is 0 Å². The van der Waals surface area contributed by atoms with Gasteiger partial charge >= 0.3 is 0 Å². The first kappa shape index (κ1) is 13.4. The van der Waals surface area contributed by atoms with Crippen molar-refractivity contribution in [1.29, 1.82) is 0 Å². The molecule has 4 heteroatoms. The van der Waals surface area contributed by atoms with Crippen molar-refractivity contribution in [2.45, 2.75) is 30.5 Å². The molecule has 3 rings (SSSR count). The van der Waals surface area contributed by atoms with E-state index in [0.717, 1.165) is 11.8 Å². The fourth-order valence-electron chi connectivity index (χ4n) is 3.63. The Morgan fingerprint density at radius 2 is 2.06 bits per heavy atom. The van der Waals surface area contributed by atoms with E-state index in [4.69, 9.17) is 11.6 Å². The normalized spacial score (nSPS) is 31.9. The Morgan fingerprint density at radius 3 is 2.67 bits per heavy atom. The molecule has 4 atom stereocenters. The molecule has 0 spiro atoms. The van der Waals surface area contributed by atoms with Gasteiger partial charge in [-0.15, -0.1) is 0 Å². The fourth-order valence-corrected chi connectivity index (χ4v) is 5.12. The van der Waals surface area contributed by atoms with Crippen LogP contribution in [0.4, 0.5) is 4.39 Å². The highest BCUT2D eigenvalue weighted by Crippen LogP contribution is 2.55. The van der Waals surface area contributed by atoms with Crippen molar-refractivity contribution in [3.63, 3.8) is 0 Å². The molecule has 0 nitrogen and oxygen atoms in total. The highest BCUT2D eigenvalue weighted by molar-refractivity contribution is 9.10. The maximum atomic E-state index is 14.1. The minimum atomic E-state index is -0.170. The van der Waals surface area contributed by atoms with Crippen molar-refractivity contribution >= 4 is 43.5 Å². The van der Waals surface area contributed by atoms with Crippen molar-refractivity contribution in [2.75, 3.05) is 0 Å². The standard InChI is InChI=1S/C14H14Br2ClF/c15-11-6-13(18)10(5-12(11)17)14(16)9-4-7-1-2-8(9)3-7/h5-9,14H,1-4H2. The summed E-state index contributed by atoms with van der Waals surface area (Å²) >= 11 is 13.0. The second kappa shape index (κ2) is 5.06. The molecule has 2 bridgehead atoms. The minimum absolute atomic E-state index is 0.0957. The fraction of sp³-hybridized carbons (Fsp3) is 0.571. The summed E-state index contributed by atoms with van der Waals surface area (Å²) in [6, 6.07) is 3.23. The Labute approximate surface area is 129 Å². The minimum Gasteiger partial charge on any atom is -0.207 e. The molecule has 18 heavy (non-hydrogen) atoms. The van der Waals surface area contributed by atoms with Gasteiger partial charge in [-0.1, -0.05) is 34.0 Å². The van der Waals surface area contributed by atoms with Gasteiger partial charge in [-0.3, -0.25) is 0 Å². The zero-order valence-electron chi connectivity index (χ0n) is 9.80. The second-order valence-corrected chi connectivity index (χ2v) is 7.78. The lowest BCUT2D eigenvalue weighted by Gasteiger charge is -2.27. The molecule has 0 saturated heterocycles. The Bertz CT molecular complexity index is 477. The Hall–Kier alpha value is 0.400. The van der Waals surface area contributed by atoms with Gasteiger partial charge in [0.15, 0.2) is 0 Å². The van der Waals surface area contributed by atoms with Crippen LogP contribution in [0.2, 0.25) is 5.02 Å². The highest BCUT2D eigenvalue weighted by atomic mass is 79.9. The smallest absolute Gasteiger partial charge is 0.128 e. The average Bonchev–Trinajstić information content (AvgIpc) is 2.95. The lowest BCUT2D eigenvalue weighted by atomic mass is 9.84. The largest absolute Gasteiger partial charge is 0.207 e. The second-order valence-electron chi connectivity index (χ2n) is 5.53. The molecule has 1 aromatic carbocycles. The van der Waals surface area contributed by atoms with Crippen molar-refractivity contribution in [1.82, 2.24) is 0 Å². The van der Waals surface area contributed by atoms with Crippen LogP contribution in [0, 0.1) is 23.6 Å². The Kier molecular flexibility index (Phi) is 3.77. The molecule has 2 fully saturated rings. The number of halogens is 4. The third kappa shape index (κ3) is 2.27. The summed E-state index contributed by atoms with van der Waals surface area (Å²) in [5.74, 6) is 2.03. The number of hydrogen-bond acceptors (Lipinski definition) is 0. The van der Waals surface area contributed by atoms with E-state index < -0.39 is 0 Å². The van der Waals surface area contributed by atoms with E-state index >= 15 is 0 Å². The number of benzene rings is 1. The summed E-state index contributed by atoms with van der Waals surface area (Å²) in [6.45, 7) is 0. The SMILES string of the molecule is Fc1cc(Br)c(Cl)cc1C(Br)C1CC2CCC1C2. The Morgan fingerprint density at radius 1 is 1.28 bits per heavy atom. The molecule has 1 aromatic rings. The number of hydrogen-bond donors (Lipinski definition) is 0. The van der Waals surface area contributed by atoms with E-state index in [1.807, 2.05) is 0 Å². The summed E-state index contributed by atoms with van der Waals surface area (Å²) < 4.78 is 14.7. The number of rotatable bonds is 2. The molecule has 0 N–H and O–H groups in total. The van der Waals surface area contributed by atoms with Crippen LogP contribution in [0.1, 0.15) is 36.1 Å². The van der Waals surface area contributed by atoms with Crippen LogP contribution < -0.4 is 0 Å². The molecule has 4 unspecified atom stereocenters. The van der Waals surface area contributed by atoms with Crippen LogP contribution in [0.15, 0.2) is 16.6 Å². The quantitative estimate of drug-likeness (QED) is 0.418. The summed E-state index contributed by atoms with van der Waals surface area (Å²) in [6.07, 6.45) is 5.24. The molecular weight excluding hydrogens is 382 g/mol. The van der Waals surface area contributed by atoms with E-state index in [-0.39, 0.29) is 10.6 Å². The molecule has 2 aliphatic rings. The zero-order valence-corrected chi connectivity index (χ0v) is 13.7. The third-order valence-electron chi connectivity index (χ3n) is 4.51. The van der Waals surface area contributed by atoms with Crippen LogP contribution in [0.25, 0.3) is 0 Å². The van der Waals surface area contributed by atoms with E-state index in [1.165, 1.54) is 31.7 Å². The first-order valence-electron chi connectivity index (χ1n) is 6.34. The average molecular weight is 397 g/mol. The summed E-state index contributed by atoms with van der Waals surface area (Å²) in [7, 11) is 0. The van der Waals surface area contributed by atoms with Crippen molar-refractivity contribution in [3.8, 4) is 0 Å². The first-order chi connectivity index (χ1) is 8.56.